The van der Waals surface area contributed by atoms with Gasteiger partial charge in [-0.25, -0.2) is 8.42 Å². The lowest BCUT2D eigenvalue weighted by Gasteiger charge is -2.26. The van der Waals surface area contributed by atoms with Crippen LogP contribution >= 0.6 is 0 Å². The number of aliphatic hydroxyl groups is 1. The Bertz CT molecular complexity index is 536. The van der Waals surface area contributed by atoms with E-state index >= 15 is 0 Å². The van der Waals surface area contributed by atoms with Crippen LogP contribution in [0.15, 0.2) is 29.2 Å². The molecular formula is C13H19NO4S. The van der Waals surface area contributed by atoms with Crippen molar-refractivity contribution in [3.63, 3.8) is 0 Å². The van der Waals surface area contributed by atoms with Crippen LogP contribution in [0.1, 0.15) is 12.8 Å². The van der Waals surface area contributed by atoms with Crippen molar-refractivity contribution < 1.29 is 18.3 Å². The van der Waals surface area contributed by atoms with Crippen molar-refractivity contribution in [2.45, 2.75) is 23.3 Å². The molecule has 106 valence electrons. The molecule has 0 spiro atoms. The zero-order valence-electron chi connectivity index (χ0n) is 10.9. The molecule has 6 heteroatoms. The summed E-state index contributed by atoms with van der Waals surface area (Å²) in [5, 5.41) is 10.3. The monoisotopic (exact) mass is 285 g/mol. The van der Waals surface area contributed by atoms with Crippen LogP contribution in [0.2, 0.25) is 0 Å². The van der Waals surface area contributed by atoms with Gasteiger partial charge in [0.2, 0.25) is 0 Å². The fraction of sp³-hybridized carbons (Fsp3) is 0.538. The molecule has 1 aliphatic rings. The van der Waals surface area contributed by atoms with E-state index in [4.69, 9.17) is 10.5 Å². The van der Waals surface area contributed by atoms with Gasteiger partial charge in [0.15, 0.2) is 9.84 Å². The van der Waals surface area contributed by atoms with Crippen molar-refractivity contribution in [2.24, 2.45) is 11.7 Å². The fourth-order valence-electron chi connectivity index (χ4n) is 1.96. The van der Waals surface area contributed by atoms with E-state index in [1.54, 1.807) is 12.1 Å². The third-order valence-corrected chi connectivity index (χ3v) is 4.56. The summed E-state index contributed by atoms with van der Waals surface area (Å²) in [5.41, 5.74) is 4.61. The van der Waals surface area contributed by atoms with Gasteiger partial charge >= 0.3 is 0 Å². The number of benzene rings is 1. The van der Waals surface area contributed by atoms with Crippen LogP contribution in [-0.4, -0.2) is 38.5 Å². The predicted molar refractivity (Wildman–Crippen MR) is 71.8 cm³/mol. The first-order valence-electron chi connectivity index (χ1n) is 6.20. The average Bonchev–Trinajstić information content (AvgIpc) is 3.20. The summed E-state index contributed by atoms with van der Waals surface area (Å²) in [5.74, 6) is 0.743. The largest absolute Gasteiger partial charge is 0.491 e. The van der Waals surface area contributed by atoms with Crippen LogP contribution < -0.4 is 10.5 Å². The van der Waals surface area contributed by atoms with Gasteiger partial charge in [0.1, 0.15) is 18.0 Å². The first-order chi connectivity index (χ1) is 8.85. The molecule has 2 rings (SSSR count). The Labute approximate surface area is 113 Å². The van der Waals surface area contributed by atoms with Crippen LogP contribution in [0.3, 0.4) is 0 Å². The third-order valence-electron chi connectivity index (χ3n) is 3.43. The summed E-state index contributed by atoms with van der Waals surface area (Å²) in [4.78, 5) is 0.246. The Balaban J connectivity index is 2.00. The van der Waals surface area contributed by atoms with Crippen LogP contribution in [-0.2, 0) is 9.84 Å². The maximum absolute atomic E-state index is 11.3. The van der Waals surface area contributed by atoms with Crippen LogP contribution in [0.5, 0.6) is 5.75 Å². The molecule has 1 fully saturated rings. The molecule has 1 aromatic carbocycles. The van der Waals surface area contributed by atoms with E-state index in [0.29, 0.717) is 5.75 Å². The fourth-order valence-corrected chi connectivity index (χ4v) is 2.59. The predicted octanol–water partition coefficient (Wildman–Crippen LogP) is 0.569. The van der Waals surface area contributed by atoms with Gasteiger partial charge in [-0.05, 0) is 43.0 Å². The van der Waals surface area contributed by atoms with Gasteiger partial charge in [-0.15, -0.1) is 0 Å². The van der Waals surface area contributed by atoms with Crippen molar-refractivity contribution in [1.29, 1.82) is 0 Å². The molecular weight excluding hydrogens is 266 g/mol. The van der Waals surface area contributed by atoms with Gasteiger partial charge in [-0.3, -0.25) is 0 Å². The number of rotatable bonds is 6. The topological polar surface area (TPSA) is 89.6 Å². The number of nitrogens with two attached hydrogens (primary N) is 1. The molecule has 3 N–H and O–H groups in total. The summed E-state index contributed by atoms with van der Waals surface area (Å²) in [6.45, 7) is 0.297. The Hall–Kier alpha value is -1.11. The second-order valence-electron chi connectivity index (χ2n) is 5.11. The summed E-state index contributed by atoms with van der Waals surface area (Å²) in [6, 6.07) is 6.15. The maximum Gasteiger partial charge on any atom is 0.175 e. The van der Waals surface area contributed by atoms with E-state index in [0.717, 1.165) is 19.1 Å². The zero-order valence-corrected chi connectivity index (χ0v) is 11.7. The normalized spacial score (nSPS) is 18.9. The molecule has 5 nitrogen and oxygen atoms in total. The van der Waals surface area contributed by atoms with Gasteiger partial charge in [0.25, 0.3) is 0 Å². The van der Waals surface area contributed by atoms with Crippen molar-refractivity contribution in [2.75, 3.05) is 19.4 Å². The smallest absolute Gasteiger partial charge is 0.175 e. The molecule has 1 saturated carbocycles. The van der Waals surface area contributed by atoms with Crippen LogP contribution in [0.25, 0.3) is 0 Å². The van der Waals surface area contributed by atoms with Gasteiger partial charge in [0.05, 0.1) is 4.90 Å². The highest BCUT2D eigenvalue weighted by atomic mass is 32.2. The lowest BCUT2D eigenvalue weighted by atomic mass is 9.99. The summed E-state index contributed by atoms with van der Waals surface area (Å²) in [7, 11) is -3.20. The van der Waals surface area contributed by atoms with Gasteiger partial charge in [-0.1, -0.05) is 0 Å². The molecule has 19 heavy (non-hydrogen) atoms. The van der Waals surface area contributed by atoms with E-state index in [9.17, 15) is 13.5 Å². The minimum Gasteiger partial charge on any atom is -0.491 e. The van der Waals surface area contributed by atoms with Crippen LogP contribution in [0, 0.1) is 5.92 Å². The Kier molecular flexibility index (Phi) is 3.85. The highest BCUT2D eigenvalue weighted by Gasteiger charge is 2.43. The average molecular weight is 285 g/mol. The lowest BCUT2D eigenvalue weighted by Crippen LogP contribution is -2.45. The van der Waals surface area contributed by atoms with Crippen molar-refractivity contribution in [3.8, 4) is 5.75 Å². The number of hydrogen-bond acceptors (Lipinski definition) is 5. The second-order valence-corrected chi connectivity index (χ2v) is 7.13. The second kappa shape index (κ2) is 5.11. The number of ether oxygens (including phenoxy) is 1. The lowest BCUT2D eigenvalue weighted by molar-refractivity contribution is -0.0162. The number of hydrogen-bond donors (Lipinski definition) is 2. The quantitative estimate of drug-likeness (QED) is 0.797. The molecule has 0 radical (unpaired) electrons. The van der Waals surface area contributed by atoms with Crippen LogP contribution in [0.4, 0.5) is 0 Å². The maximum atomic E-state index is 11.3. The third kappa shape index (κ3) is 3.46. The van der Waals surface area contributed by atoms with E-state index < -0.39 is 15.4 Å². The number of sulfone groups is 1. The minimum atomic E-state index is -3.20. The molecule has 1 aliphatic carbocycles. The summed E-state index contributed by atoms with van der Waals surface area (Å²) < 4.78 is 28.1. The van der Waals surface area contributed by atoms with Crippen molar-refractivity contribution >= 4 is 9.84 Å². The Morgan fingerprint density at radius 3 is 2.37 bits per heavy atom. The van der Waals surface area contributed by atoms with E-state index in [1.165, 1.54) is 12.1 Å². The molecule has 0 amide bonds. The highest BCUT2D eigenvalue weighted by Crippen LogP contribution is 2.39. The highest BCUT2D eigenvalue weighted by molar-refractivity contribution is 7.90. The van der Waals surface area contributed by atoms with Gasteiger partial charge in [0, 0.05) is 12.8 Å². The Morgan fingerprint density at radius 2 is 1.95 bits per heavy atom. The molecule has 1 aromatic rings. The van der Waals surface area contributed by atoms with E-state index in [-0.39, 0.29) is 24.0 Å². The van der Waals surface area contributed by atoms with Crippen molar-refractivity contribution in [1.82, 2.24) is 0 Å². The molecule has 1 unspecified atom stereocenters. The molecule has 0 heterocycles. The standard InChI is InChI=1S/C13H19NO4S/c1-19(16,17)12-6-4-11(5-7-12)18-9-13(15,8-14)10-2-3-10/h4-7,10,15H,2-3,8-9,14H2,1H3. The van der Waals surface area contributed by atoms with E-state index in [2.05, 4.69) is 0 Å². The molecule has 0 bridgehead atoms. The van der Waals surface area contributed by atoms with E-state index in [1.807, 2.05) is 0 Å². The van der Waals surface area contributed by atoms with Gasteiger partial charge in [-0.2, -0.15) is 0 Å². The minimum absolute atomic E-state index is 0.131. The first-order valence-corrected chi connectivity index (χ1v) is 8.10. The summed E-state index contributed by atoms with van der Waals surface area (Å²) in [6.07, 6.45) is 3.11. The Morgan fingerprint density at radius 1 is 1.37 bits per heavy atom. The van der Waals surface area contributed by atoms with Gasteiger partial charge < -0.3 is 15.6 Å². The SMILES string of the molecule is CS(=O)(=O)c1ccc(OCC(O)(CN)C2CC2)cc1. The summed E-state index contributed by atoms with van der Waals surface area (Å²) >= 11 is 0. The molecule has 1 atom stereocenters. The molecule has 0 aromatic heterocycles. The first kappa shape index (κ1) is 14.3. The molecule has 0 saturated heterocycles. The molecule has 0 aliphatic heterocycles. The van der Waals surface area contributed by atoms with Crippen molar-refractivity contribution in [3.05, 3.63) is 24.3 Å². The zero-order chi connectivity index (χ0) is 14.1.